The molecule has 1 saturated heterocycles. The fourth-order valence-corrected chi connectivity index (χ4v) is 3.33. The van der Waals surface area contributed by atoms with Crippen molar-refractivity contribution in [3.63, 3.8) is 0 Å². The molecule has 0 aliphatic carbocycles. The molecule has 2 rings (SSSR count). The maximum absolute atomic E-state index is 12.2. The Bertz CT molecular complexity index is 646. The second kappa shape index (κ2) is 6.95. The summed E-state index contributed by atoms with van der Waals surface area (Å²) in [5.74, 6) is 0.534. The molecule has 0 spiro atoms. The van der Waals surface area contributed by atoms with E-state index in [1.807, 2.05) is 6.07 Å². The Balaban J connectivity index is 2.44. The molecule has 3 N–H and O–H groups in total. The largest absolute Gasteiger partial charge is 0.494 e. The molecule has 0 amide bonds. The van der Waals surface area contributed by atoms with Crippen LogP contribution in [0.3, 0.4) is 0 Å². The van der Waals surface area contributed by atoms with Crippen molar-refractivity contribution in [3.05, 3.63) is 27.0 Å². The number of aromatic nitrogens is 1. The van der Waals surface area contributed by atoms with Crippen molar-refractivity contribution >= 4 is 0 Å². The monoisotopic (exact) mass is 306 g/mol. The summed E-state index contributed by atoms with van der Waals surface area (Å²) < 4.78 is 1.10. The van der Waals surface area contributed by atoms with Gasteiger partial charge in [0.25, 0.3) is 5.56 Å². The van der Waals surface area contributed by atoms with Gasteiger partial charge in [-0.1, -0.05) is 6.92 Å². The molecule has 1 aromatic heterocycles. The SMILES string of the molecule is Cc1c(C[NH+]2CCC[C@H](C)C2)c(O)n(CCO)c(=O)c1C#N. The van der Waals surface area contributed by atoms with Gasteiger partial charge in [0.1, 0.15) is 18.2 Å². The van der Waals surface area contributed by atoms with Crippen molar-refractivity contribution in [2.75, 3.05) is 19.7 Å². The first-order valence-corrected chi connectivity index (χ1v) is 7.79. The average molecular weight is 306 g/mol. The molecule has 0 aromatic carbocycles. The predicted molar refractivity (Wildman–Crippen MR) is 81.7 cm³/mol. The zero-order chi connectivity index (χ0) is 16.3. The first-order valence-electron chi connectivity index (χ1n) is 7.79. The summed E-state index contributed by atoms with van der Waals surface area (Å²) >= 11 is 0. The Morgan fingerprint density at radius 2 is 2.23 bits per heavy atom. The van der Waals surface area contributed by atoms with E-state index in [2.05, 4.69) is 6.92 Å². The van der Waals surface area contributed by atoms with E-state index in [-0.39, 0.29) is 24.6 Å². The molecule has 0 radical (unpaired) electrons. The van der Waals surface area contributed by atoms with Crippen LogP contribution >= 0.6 is 0 Å². The maximum atomic E-state index is 12.2. The van der Waals surface area contributed by atoms with E-state index in [1.54, 1.807) is 6.92 Å². The molecule has 1 aliphatic rings. The molecule has 2 heterocycles. The second-order valence-electron chi connectivity index (χ2n) is 6.22. The van der Waals surface area contributed by atoms with Crippen molar-refractivity contribution in [1.29, 1.82) is 5.26 Å². The number of quaternary nitrogens is 1. The standard InChI is InChI=1S/C16H23N3O3/c1-11-4-3-5-18(9-11)10-14-12(2)13(8-17)15(21)19(6-7-20)16(14)22/h11,20,22H,3-7,9-10H2,1-2H3/p+1/t11-/m0/s1. The number of nitriles is 1. The molecule has 2 atom stereocenters. The summed E-state index contributed by atoms with van der Waals surface area (Å²) in [4.78, 5) is 13.5. The first kappa shape index (κ1) is 16.5. The highest BCUT2D eigenvalue weighted by molar-refractivity contribution is 5.44. The third-order valence-electron chi connectivity index (χ3n) is 4.54. The summed E-state index contributed by atoms with van der Waals surface area (Å²) in [7, 11) is 0. The summed E-state index contributed by atoms with van der Waals surface area (Å²) in [6.45, 7) is 6.34. The van der Waals surface area contributed by atoms with E-state index >= 15 is 0 Å². The molecule has 22 heavy (non-hydrogen) atoms. The van der Waals surface area contributed by atoms with Gasteiger partial charge in [-0.3, -0.25) is 9.36 Å². The minimum atomic E-state index is -0.530. The van der Waals surface area contributed by atoms with Crippen LogP contribution in [0.2, 0.25) is 0 Å². The third-order valence-corrected chi connectivity index (χ3v) is 4.54. The van der Waals surface area contributed by atoms with Crippen LogP contribution in [0.1, 0.15) is 36.5 Å². The minimum Gasteiger partial charge on any atom is -0.494 e. The van der Waals surface area contributed by atoms with Gasteiger partial charge in [-0.05, 0) is 25.3 Å². The Morgan fingerprint density at radius 1 is 1.50 bits per heavy atom. The Kier molecular flexibility index (Phi) is 5.22. The molecule has 1 aliphatic heterocycles. The number of hydrogen-bond acceptors (Lipinski definition) is 4. The zero-order valence-electron chi connectivity index (χ0n) is 13.2. The summed E-state index contributed by atoms with van der Waals surface area (Å²) in [5.41, 5.74) is 0.738. The number of piperidine rings is 1. The molecule has 0 bridgehead atoms. The van der Waals surface area contributed by atoms with Crippen LogP contribution in [0.4, 0.5) is 0 Å². The Hall–Kier alpha value is -1.84. The van der Waals surface area contributed by atoms with Crippen LogP contribution in [0.5, 0.6) is 5.88 Å². The van der Waals surface area contributed by atoms with Gasteiger partial charge in [-0.2, -0.15) is 5.26 Å². The van der Waals surface area contributed by atoms with E-state index in [4.69, 9.17) is 5.11 Å². The molecule has 1 fully saturated rings. The fraction of sp³-hybridized carbons (Fsp3) is 0.625. The van der Waals surface area contributed by atoms with Gasteiger partial charge in [0.2, 0.25) is 5.88 Å². The summed E-state index contributed by atoms with van der Waals surface area (Å²) in [6, 6.07) is 1.94. The molecule has 1 unspecified atom stereocenters. The fourth-order valence-electron chi connectivity index (χ4n) is 3.33. The van der Waals surface area contributed by atoms with Crippen LogP contribution in [0, 0.1) is 24.2 Å². The van der Waals surface area contributed by atoms with Gasteiger partial charge in [-0.25, -0.2) is 0 Å². The van der Waals surface area contributed by atoms with Crippen molar-refractivity contribution in [3.8, 4) is 11.9 Å². The summed E-state index contributed by atoms with van der Waals surface area (Å²) in [6.07, 6.45) is 2.37. The highest BCUT2D eigenvalue weighted by atomic mass is 16.3. The van der Waals surface area contributed by atoms with Gasteiger partial charge in [0.05, 0.1) is 31.8 Å². The zero-order valence-corrected chi connectivity index (χ0v) is 13.2. The molecule has 6 nitrogen and oxygen atoms in total. The lowest BCUT2D eigenvalue weighted by Crippen LogP contribution is -3.12. The highest BCUT2D eigenvalue weighted by Crippen LogP contribution is 2.21. The van der Waals surface area contributed by atoms with E-state index in [0.717, 1.165) is 24.1 Å². The van der Waals surface area contributed by atoms with Crippen molar-refractivity contribution in [2.45, 2.75) is 39.8 Å². The van der Waals surface area contributed by atoms with Gasteiger partial charge < -0.3 is 15.1 Å². The molecular weight excluding hydrogens is 282 g/mol. The number of aliphatic hydroxyl groups excluding tert-OH is 1. The van der Waals surface area contributed by atoms with Crippen molar-refractivity contribution in [2.24, 2.45) is 5.92 Å². The first-order chi connectivity index (χ1) is 10.5. The van der Waals surface area contributed by atoms with E-state index in [0.29, 0.717) is 23.6 Å². The van der Waals surface area contributed by atoms with E-state index in [1.165, 1.54) is 11.3 Å². The lowest BCUT2D eigenvalue weighted by atomic mass is 9.98. The number of nitrogens with zero attached hydrogens (tertiary/aromatic N) is 2. The van der Waals surface area contributed by atoms with Crippen LogP contribution in [-0.4, -0.2) is 34.5 Å². The number of rotatable bonds is 4. The van der Waals surface area contributed by atoms with Crippen LogP contribution in [0.15, 0.2) is 4.79 Å². The second-order valence-corrected chi connectivity index (χ2v) is 6.22. The number of likely N-dealkylation sites (tertiary alicyclic amines) is 1. The Labute approximate surface area is 130 Å². The smallest absolute Gasteiger partial charge is 0.271 e. The quantitative estimate of drug-likeness (QED) is 0.702. The van der Waals surface area contributed by atoms with Crippen LogP contribution < -0.4 is 10.5 Å². The maximum Gasteiger partial charge on any atom is 0.271 e. The van der Waals surface area contributed by atoms with Crippen LogP contribution in [0.25, 0.3) is 0 Å². The topological polar surface area (TPSA) is 90.7 Å². The van der Waals surface area contributed by atoms with Crippen LogP contribution in [-0.2, 0) is 13.1 Å². The predicted octanol–water partition coefficient (Wildman–Crippen LogP) is -0.459. The molecule has 0 saturated carbocycles. The lowest BCUT2D eigenvalue weighted by Gasteiger charge is -2.29. The molecule has 6 heteroatoms. The Morgan fingerprint density at radius 3 is 2.82 bits per heavy atom. The lowest BCUT2D eigenvalue weighted by molar-refractivity contribution is -0.922. The number of nitrogens with one attached hydrogen (secondary N) is 1. The van der Waals surface area contributed by atoms with Gasteiger partial charge in [0, 0.05) is 5.92 Å². The van der Waals surface area contributed by atoms with Gasteiger partial charge >= 0.3 is 0 Å². The summed E-state index contributed by atoms with van der Waals surface area (Å²) in [5, 5.41) is 28.8. The number of hydrogen-bond donors (Lipinski definition) is 3. The van der Waals surface area contributed by atoms with Crippen molar-refractivity contribution < 1.29 is 15.1 Å². The highest BCUT2D eigenvalue weighted by Gasteiger charge is 2.25. The van der Waals surface area contributed by atoms with Crippen molar-refractivity contribution in [1.82, 2.24) is 4.57 Å². The average Bonchev–Trinajstić information content (AvgIpc) is 2.49. The van der Waals surface area contributed by atoms with Gasteiger partial charge in [-0.15, -0.1) is 0 Å². The molecular formula is C16H24N3O3+. The normalized spacial score (nSPS) is 21.5. The molecule has 1 aromatic rings. The minimum absolute atomic E-state index is 0.00162. The van der Waals surface area contributed by atoms with Gasteiger partial charge in [0.15, 0.2) is 0 Å². The number of aromatic hydroxyl groups is 1. The van der Waals surface area contributed by atoms with E-state index in [9.17, 15) is 15.2 Å². The van der Waals surface area contributed by atoms with E-state index < -0.39 is 5.56 Å². The number of pyridine rings is 1. The number of aliphatic hydroxyl groups is 1. The third kappa shape index (κ3) is 3.16. The molecule has 120 valence electrons.